The first kappa shape index (κ1) is 13.8. The molecule has 1 saturated heterocycles. The number of halogens is 1. The van der Waals surface area contributed by atoms with Crippen LogP contribution in [0.3, 0.4) is 0 Å². The lowest BCUT2D eigenvalue weighted by Gasteiger charge is -2.19. The van der Waals surface area contributed by atoms with Crippen LogP contribution >= 0.6 is 11.6 Å². The number of nitrogens with zero attached hydrogens (tertiary/aromatic N) is 1. The number of hydrogen-bond donors (Lipinski definition) is 1. The number of nitrogens with one attached hydrogen (secondary N) is 1. The third-order valence-corrected chi connectivity index (χ3v) is 5.59. The Morgan fingerprint density at radius 3 is 2.27 bits per heavy atom. The van der Waals surface area contributed by atoms with Crippen LogP contribution in [-0.2, 0) is 9.59 Å². The second kappa shape index (κ2) is 4.81. The van der Waals surface area contributed by atoms with Crippen LogP contribution in [0.1, 0.15) is 29.6 Å². The fraction of sp³-hybridized carbons (Fsp3) is 0.438. The van der Waals surface area contributed by atoms with Crippen LogP contribution in [0, 0.1) is 23.7 Å². The molecule has 3 amide bonds. The SMILES string of the molecule is O=C(NN1C(=O)[C@H]2[C@@H]3CC[C@@H](C3)[C@@H]2C1=O)c1ccccc1Cl. The lowest BCUT2D eigenvalue weighted by Crippen LogP contribution is -2.47. The number of rotatable bonds is 2. The van der Waals surface area contributed by atoms with E-state index in [4.69, 9.17) is 11.6 Å². The number of hydrogen-bond acceptors (Lipinski definition) is 3. The molecular weight excluding hydrogens is 304 g/mol. The Balaban J connectivity index is 1.57. The number of imide groups is 1. The molecule has 2 bridgehead atoms. The van der Waals surface area contributed by atoms with Crippen molar-refractivity contribution in [1.82, 2.24) is 10.4 Å². The molecule has 6 heteroatoms. The van der Waals surface area contributed by atoms with Gasteiger partial charge in [0.15, 0.2) is 0 Å². The fourth-order valence-corrected chi connectivity index (χ4v) is 4.55. The van der Waals surface area contributed by atoms with E-state index in [9.17, 15) is 14.4 Å². The Bertz CT molecular complexity index is 662. The van der Waals surface area contributed by atoms with Crippen molar-refractivity contribution in [1.29, 1.82) is 0 Å². The van der Waals surface area contributed by atoms with Gasteiger partial charge in [0.1, 0.15) is 0 Å². The van der Waals surface area contributed by atoms with Gasteiger partial charge in [0.2, 0.25) is 0 Å². The van der Waals surface area contributed by atoms with Crippen molar-refractivity contribution in [2.45, 2.75) is 19.3 Å². The van der Waals surface area contributed by atoms with Crippen molar-refractivity contribution in [3.8, 4) is 0 Å². The largest absolute Gasteiger partial charge is 0.272 e. The zero-order valence-corrected chi connectivity index (χ0v) is 12.5. The van der Waals surface area contributed by atoms with Crippen LogP contribution in [0.4, 0.5) is 0 Å². The average Bonchev–Trinajstić information content (AvgIpc) is 3.17. The molecule has 0 spiro atoms. The van der Waals surface area contributed by atoms with Gasteiger partial charge in [-0.2, -0.15) is 5.01 Å². The lowest BCUT2D eigenvalue weighted by atomic mass is 9.81. The Morgan fingerprint density at radius 1 is 1.09 bits per heavy atom. The van der Waals surface area contributed by atoms with Gasteiger partial charge in [-0.1, -0.05) is 23.7 Å². The zero-order chi connectivity index (χ0) is 15.4. The summed E-state index contributed by atoms with van der Waals surface area (Å²) in [5.41, 5.74) is 2.70. The zero-order valence-electron chi connectivity index (χ0n) is 11.8. The average molecular weight is 319 g/mol. The third-order valence-electron chi connectivity index (χ3n) is 5.26. The van der Waals surface area contributed by atoms with Gasteiger partial charge in [-0.25, -0.2) is 0 Å². The van der Waals surface area contributed by atoms with E-state index in [1.807, 2.05) is 0 Å². The van der Waals surface area contributed by atoms with Crippen molar-refractivity contribution in [3.63, 3.8) is 0 Å². The number of fused-ring (bicyclic) bond motifs is 5. The fourth-order valence-electron chi connectivity index (χ4n) is 4.33. The normalized spacial score (nSPS) is 32.5. The summed E-state index contributed by atoms with van der Waals surface area (Å²) in [6.07, 6.45) is 2.99. The molecule has 114 valence electrons. The lowest BCUT2D eigenvalue weighted by molar-refractivity contribution is -0.143. The standard InChI is InChI=1S/C16H15ClN2O3/c17-11-4-2-1-3-10(11)14(20)18-19-15(21)12-8-5-6-9(7-8)13(12)16(19)22/h1-4,8-9,12-13H,5-7H2,(H,18,20)/t8-,9+,12-,13-/m0/s1. The Kier molecular flexibility index (Phi) is 3.01. The topological polar surface area (TPSA) is 66.5 Å². The highest BCUT2D eigenvalue weighted by Gasteiger charge is 2.61. The monoisotopic (exact) mass is 318 g/mol. The minimum absolute atomic E-state index is 0.238. The number of hydrazine groups is 1. The van der Waals surface area contributed by atoms with E-state index in [-0.39, 0.29) is 29.2 Å². The molecule has 0 radical (unpaired) electrons. The number of carbonyl (C=O) groups is 3. The summed E-state index contributed by atoms with van der Waals surface area (Å²) in [5, 5.41) is 1.21. The molecule has 1 aromatic carbocycles. The first-order valence-corrected chi connectivity index (χ1v) is 7.89. The summed E-state index contributed by atoms with van der Waals surface area (Å²) in [5.74, 6) is -0.928. The van der Waals surface area contributed by atoms with Gasteiger partial charge in [0, 0.05) is 0 Å². The highest BCUT2D eigenvalue weighted by atomic mass is 35.5. The molecule has 1 N–H and O–H groups in total. The molecule has 22 heavy (non-hydrogen) atoms. The van der Waals surface area contributed by atoms with Crippen LogP contribution in [0.25, 0.3) is 0 Å². The molecule has 0 unspecified atom stereocenters. The van der Waals surface area contributed by atoms with Gasteiger partial charge in [-0.05, 0) is 43.2 Å². The molecule has 3 aliphatic rings. The molecule has 2 saturated carbocycles. The van der Waals surface area contributed by atoms with Crippen molar-refractivity contribution in [3.05, 3.63) is 34.9 Å². The van der Waals surface area contributed by atoms with Gasteiger partial charge >= 0.3 is 0 Å². The van der Waals surface area contributed by atoms with Crippen LogP contribution in [0.15, 0.2) is 24.3 Å². The first-order chi connectivity index (χ1) is 10.6. The smallest absolute Gasteiger partial charge is 0.271 e. The Morgan fingerprint density at radius 2 is 1.68 bits per heavy atom. The van der Waals surface area contributed by atoms with E-state index in [1.165, 1.54) is 0 Å². The molecule has 2 aliphatic carbocycles. The predicted molar refractivity (Wildman–Crippen MR) is 78.6 cm³/mol. The molecule has 1 aromatic rings. The Labute approximate surface area is 132 Å². The second-order valence-electron chi connectivity index (χ2n) is 6.32. The van der Waals surface area contributed by atoms with E-state index >= 15 is 0 Å². The van der Waals surface area contributed by atoms with E-state index < -0.39 is 5.91 Å². The van der Waals surface area contributed by atoms with Crippen molar-refractivity contribution in [2.24, 2.45) is 23.7 Å². The van der Waals surface area contributed by atoms with Gasteiger partial charge in [0.05, 0.1) is 22.4 Å². The maximum Gasteiger partial charge on any atom is 0.271 e. The Hall–Kier alpha value is -1.88. The van der Waals surface area contributed by atoms with Crippen LogP contribution in [0.5, 0.6) is 0 Å². The van der Waals surface area contributed by atoms with E-state index in [0.717, 1.165) is 24.3 Å². The number of carbonyl (C=O) groups excluding carboxylic acids is 3. The minimum atomic E-state index is -0.528. The van der Waals surface area contributed by atoms with Gasteiger partial charge in [-0.15, -0.1) is 0 Å². The summed E-state index contributed by atoms with van der Waals surface area (Å²) in [6.45, 7) is 0. The van der Waals surface area contributed by atoms with Crippen molar-refractivity contribution < 1.29 is 14.4 Å². The molecular formula is C16H15ClN2O3. The maximum absolute atomic E-state index is 12.5. The minimum Gasteiger partial charge on any atom is -0.272 e. The van der Waals surface area contributed by atoms with Crippen LogP contribution < -0.4 is 5.43 Å². The summed E-state index contributed by atoms with van der Waals surface area (Å²) < 4.78 is 0. The van der Waals surface area contributed by atoms with Crippen LogP contribution in [-0.4, -0.2) is 22.7 Å². The highest BCUT2D eigenvalue weighted by Crippen LogP contribution is 2.55. The molecule has 3 fully saturated rings. The van der Waals surface area contributed by atoms with Crippen molar-refractivity contribution in [2.75, 3.05) is 0 Å². The quantitative estimate of drug-likeness (QED) is 0.848. The summed E-state index contributed by atoms with van der Waals surface area (Å²) >= 11 is 5.98. The summed E-state index contributed by atoms with van der Waals surface area (Å²) in [4.78, 5) is 37.3. The van der Waals surface area contributed by atoms with E-state index in [1.54, 1.807) is 24.3 Å². The summed E-state index contributed by atoms with van der Waals surface area (Å²) in [6, 6.07) is 6.56. The maximum atomic E-state index is 12.5. The molecule has 1 aliphatic heterocycles. The summed E-state index contributed by atoms with van der Waals surface area (Å²) in [7, 11) is 0. The second-order valence-corrected chi connectivity index (χ2v) is 6.72. The van der Waals surface area contributed by atoms with Gasteiger partial charge in [-0.3, -0.25) is 19.8 Å². The molecule has 1 heterocycles. The molecule has 4 atom stereocenters. The molecule has 0 aromatic heterocycles. The van der Waals surface area contributed by atoms with E-state index in [2.05, 4.69) is 5.43 Å². The van der Waals surface area contributed by atoms with Gasteiger partial charge in [0.25, 0.3) is 17.7 Å². The molecule has 4 rings (SSSR count). The number of benzene rings is 1. The predicted octanol–water partition coefficient (Wildman–Crippen LogP) is 2.02. The number of amides is 3. The molecule has 5 nitrogen and oxygen atoms in total. The highest BCUT2D eigenvalue weighted by molar-refractivity contribution is 6.33. The first-order valence-electron chi connectivity index (χ1n) is 7.51. The van der Waals surface area contributed by atoms with E-state index in [0.29, 0.717) is 16.9 Å². The van der Waals surface area contributed by atoms with Crippen molar-refractivity contribution >= 4 is 29.3 Å². The van der Waals surface area contributed by atoms with Crippen LogP contribution in [0.2, 0.25) is 5.02 Å². The van der Waals surface area contributed by atoms with Gasteiger partial charge < -0.3 is 0 Å². The third kappa shape index (κ3) is 1.81.